The fourth-order valence-electron chi connectivity index (χ4n) is 2.77. The molecular weight excluding hydrogens is 364 g/mol. The van der Waals surface area contributed by atoms with Crippen molar-refractivity contribution in [3.05, 3.63) is 65.2 Å². The van der Waals surface area contributed by atoms with Crippen molar-refractivity contribution in [3.63, 3.8) is 0 Å². The number of carbonyl (C=O) groups excluding carboxylic acids is 2. The van der Waals surface area contributed by atoms with Gasteiger partial charge in [-0.2, -0.15) is 0 Å². The highest BCUT2D eigenvalue weighted by molar-refractivity contribution is 5.97. The van der Waals surface area contributed by atoms with Crippen molar-refractivity contribution in [3.8, 4) is 0 Å². The summed E-state index contributed by atoms with van der Waals surface area (Å²) in [6.07, 6.45) is 0. The normalized spacial score (nSPS) is 11.8. The Hall–Kier alpha value is -2.80. The van der Waals surface area contributed by atoms with E-state index in [9.17, 15) is 18.4 Å². The molecule has 0 aliphatic rings. The van der Waals surface area contributed by atoms with Gasteiger partial charge in [0.2, 0.25) is 5.91 Å². The third-order valence-corrected chi connectivity index (χ3v) is 4.46. The Morgan fingerprint density at radius 3 is 2.39 bits per heavy atom. The molecule has 0 saturated heterocycles. The van der Waals surface area contributed by atoms with Crippen LogP contribution in [0.15, 0.2) is 42.5 Å². The summed E-state index contributed by atoms with van der Waals surface area (Å²) in [7, 11) is 0. The minimum Gasteiger partial charge on any atom is -0.339 e. The molecule has 0 aliphatic heterocycles. The van der Waals surface area contributed by atoms with Gasteiger partial charge in [-0.05, 0) is 56.7 Å². The number of benzene rings is 2. The Kier molecular flexibility index (Phi) is 7.63. The highest BCUT2D eigenvalue weighted by atomic mass is 19.2. The lowest BCUT2D eigenvalue weighted by molar-refractivity contribution is -0.115. The number of carbonyl (C=O) groups is 2. The Morgan fingerprint density at radius 1 is 1.04 bits per heavy atom. The summed E-state index contributed by atoms with van der Waals surface area (Å²) in [6.45, 7) is 6.77. The van der Waals surface area contributed by atoms with E-state index in [4.69, 9.17) is 0 Å². The number of nitrogens with zero attached hydrogens (tertiary/aromatic N) is 1. The van der Waals surface area contributed by atoms with Crippen LogP contribution < -0.4 is 10.6 Å². The lowest BCUT2D eigenvalue weighted by Gasteiger charge is -2.19. The number of rotatable bonds is 8. The summed E-state index contributed by atoms with van der Waals surface area (Å²) < 4.78 is 26.3. The molecule has 2 amide bonds. The zero-order chi connectivity index (χ0) is 20.7. The Labute approximate surface area is 163 Å². The quantitative estimate of drug-likeness (QED) is 0.723. The molecule has 28 heavy (non-hydrogen) atoms. The van der Waals surface area contributed by atoms with E-state index in [0.717, 1.165) is 12.1 Å². The molecule has 0 spiro atoms. The van der Waals surface area contributed by atoms with Crippen LogP contribution >= 0.6 is 0 Å². The van der Waals surface area contributed by atoms with Crippen LogP contribution in [0.2, 0.25) is 0 Å². The maximum Gasteiger partial charge on any atom is 0.253 e. The molecule has 0 aliphatic carbocycles. The van der Waals surface area contributed by atoms with Crippen molar-refractivity contribution in [2.75, 3.05) is 25.0 Å². The lowest BCUT2D eigenvalue weighted by Crippen LogP contribution is -2.31. The average molecular weight is 389 g/mol. The molecule has 150 valence electrons. The van der Waals surface area contributed by atoms with E-state index in [1.54, 1.807) is 36.1 Å². The highest BCUT2D eigenvalue weighted by Gasteiger charge is 2.14. The van der Waals surface area contributed by atoms with E-state index in [1.807, 2.05) is 13.8 Å². The van der Waals surface area contributed by atoms with E-state index >= 15 is 0 Å². The van der Waals surface area contributed by atoms with Gasteiger partial charge in [-0.1, -0.05) is 12.1 Å². The van der Waals surface area contributed by atoms with Crippen molar-refractivity contribution in [2.24, 2.45) is 0 Å². The SMILES string of the molecule is CCN(CC)C(=O)c1cccc(NC(=O)CN[C@@H](C)c2ccc(F)c(F)c2)c1. The summed E-state index contributed by atoms with van der Waals surface area (Å²) in [6, 6.07) is 10.1. The predicted octanol–water partition coefficient (Wildman–Crippen LogP) is 3.74. The first kappa shape index (κ1) is 21.5. The molecule has 0 heterocycles. The van der Waals surface area contributed by atoms with Crippen LogP contribution in [-0.2, 0) is 4.79 Å². The van der Waals surface area contributed by atoms with Gasteiger partial charge < -0.3 is 15.5 Å². The van der Waals surface area contributed by atoms with Gasteiger partial charge in [0.25, 0.3) is 5.91 Å². The van der Waals surface area contributed by atoms with Gasteiger partial charge in [-0.15, -0.1) is 0 Å². The summed E-state index contributed by atoms with van der Waals surface area (Å²) in [5, 5.41) is 5.70. The average Bonchev–Trinajstić information content (AvgIpc) is 2.69. The minimum atomic E-state index is -0.926. The van der Waals surface area contributed by atoms with E-state index in [-0.39, 0.29) is 24.4 Å². The number of nitrogens with one attached hydrogen (secondary N) is 2. The van der Waals surface area contributed by atoms with Gasteiger partial charge in [0.15, 0.2) is 11.6 Å². The molecule has 2 aromatic carbocycles. The monoisotopic (exact) mass is 389 g/mol. The maximum absolute atomic E-state index is 13.3. The minimum absolute atomic E-state index is 0.0195. The fourth-order valence-corrected chi connectivity index (χ4v) is 2.77. The van der Waals surface area contributed by atoms with Crippen LogP contribution in [0, 0.1) is 11.6 Å². The van der Waals surface area contributed by atoms with Gasteiger partial charge in [-0.3, -0.25) is 9.59 Å². The summed E-state index contributed by atoms with van der Waals surface area (Å²) >= 11 is 0. The lowest BCUT2D eigenvalue weighted by atomic mass is 10.1. The standard InChI is InChI=1S/C21H25F2N3O2/c1-4-26(5-2)21(28)16-7-6-8-17(11-16)25-20(27)13-24-14(3)15-9-10-18(22)19(23)12-15/h6-12,14,24H,4-5,13H2,1-3H3,(H,25,27)/t14-/m0/s1. The van der Waals surface area contributed by atoms with Crippen LogP contribution in [-0.4, -0.2) is 36.3 Å². The number of halogens is 2. The Bertz CT molecular complexity index is 838. The zero-order valence-corrected chi connectivity index (χ0v) is 16.3. The molecule has 2 rings (SSSR count). The molecule has 0 unspecified atom stereocenters. The smallest absolute Gasteiger partial charge is 0.253 e. The van der Waals surface area contributed by atoms with Crippen LogP contribution in [0.25, 0.3) is 0 Å². The largest absolute Gasteiger partial charge is 0.339 e. The van der Waals surface area contributed by atoms with Crippen molar-refractivity contribution in [2.45, 2.75) is 26.8 Å². The van der Waals surface area contributed by atoms with Crippen molar-refractivity contribution >= 4 is 17.5 Å². The van der Waals surface area contributed by atoms with Gasteiger partial charge in [0.1, 0.15) is 0 Å². The van der Waals surface area contributed by atoms with E-state index in [2.05, 4.69) is 10.6 Å². The molecule has 0 aromatic heterocycles. The molecule has 0 saturated carbocycles. The number of anilines is 1. The molecule has 0 radical (unpaired) electrons. The fraction of sp³-hybridized carbons (Fsp3) is 0.333. The molecule has 0 bridgehead atoms. The van der Waals surface area contributed by atoms with E-state index in [0.29, 0.717) is 29.9 Å². The van der Waals surface area contributed by atoms with Crippen molar-refractivity contribution < 1.29 is 18.4 Å². The molecule has 2 aromatic rings. The number of amides is 2. The third kappa shape index (κ3) is 5.60. The molecule has 7 heteroatoms. The summed E-state index contributed by atoms with van der Waals surface area (Å²) in [4.78, 5) is 26.3. The number of hydrogen-bond donors (Lipinski definition) is 2. The second kappa shape index (κ2) is 9.94. The van der Waals surface area contributed by atoms with Crippen LogP contribution in [0.3, 0.4) is 0 Å². The molecule has 5 nitrogen and oxygen atoms in total. The topological polar surface area (TPSA) is 61.4 Å². The van der Waals surface area contributed by atoms with Gasteiger partial charge in [0.05, 0.1) is 6.54 Å². The zero-order valence-electron chi connectivity index (χ0n) is 16.3. The van der Waals surface area contributed by atoms with Gasteiger partial charge >= 0.3 is 0 Å². The van der Waals surface area contributed by atoms with E-state index in [1.165, 1.54) is 6.07 Å². The third-order valence-electron chi connectivity index (χ3n) is 4.46. The van der Waals surface area contributed by atoms with Crippen LogP contribution in [0.1, 0.15) is 42.7 Å². The first-order valence-corrected chi connectivity index (χ1v) is 9.23. The Balaban J connectivity index is 1.95. The van der Waals surface area contributed by atoms with Crippen LogP contribution in [0.5, 0.6) is 0 Å². The first-order valence-electron chi connectivity index (χ1n) is 9.23. The highest BCUT2D eigenvalue weighted by Crippen LogP contribution is 2.16. The maximum atomic E-state index is 13.3. The van der Waals surface area contributed by atoms with Crippen molar-refractivity contribution in [1.29, 1.82) is 0 Å². The van der Waals surface area contributed by atoms with E-state index < -0.39 is 11.6 Å². The Morgan fingerprint density at radius 2 is 1.75 bits per heavy atom. The molecule has 0 fully saturated rings. The molecule has 2 N–H and O–H groups in total. The van der Waals surface area contributed by atoms with Gasteiger partial charge in [0, 0.05) is 30.4 Å². The molecule has 1 atom stereocenters. The number of hydrogen-bond acceptors (Lipinski definition) is 3. The van der Waals surface area contributed by atoms with Gasteiger partial charge in [-0.25, -0.2) is 8.78 Å². The second-order valence-corrected chi connectivity index (χ2v) is 6.38. The molecular formula is C21H25F2N3O2. The van der Waals surface area contributed by atoms with Crippen LogP contribution in [0.4, 0.5) is 14.5 Å². The summed E-state index contributed by atoms with van der Waals surface area (Å²) in [5.41, 5.74) is 1.56. The summed E-state index contributed by atoms with van der Waals surface area (Å²) in [5.74, 6) is -2.23. The second-order valence-electron chi connectivity index (χ2n) is 6.38. The first-order chi connectivity index (χ1) is 13.3. The van der Waals surface area contributed by atoms with Crippen molar-refractivity contribution in [1.82, 2.24) is 10.2 Å². The predicted molar refractivity (Wildman–Crippen MR) is 105 cm³/mol.